The lowest BCUT2D eigenvalue weighted by molar-refractivity contribution is -0.124. The largest absolute Gasteiger partial charge is 0.300 e. The zero-order valence-corrected chi connectivity index (χ0v) is 8.22. The van der Waals surface area contributed by atoms with Crippen LogP contribution in [0, 0.1) is 11.3 Å². The van der Waals surface area contributed by atoms with Crippen LogP contribution in [0.5, 0.6) is 0 Å². The highest BCUT2D eigenvalue weighted by Crippen LogP contribution is 2.53. The van der Waals surface area contributed by atoms with Crippen LogP contribution >= 0.6 is 0 Å². The summed E-state index contributed by atoms with van der Waals surface area (Å²) in [6.45, 7) is 3.84. The maximum Gasteiger partial charge on any atom is 0.133 e. The van der Waals surface area contributed by atoms with E-state index in [1.54, 1.807) is 0 Å². The van der Waals surface area contributed by atoms with Crippen LogP contribution in [0.25, 0.3) is 0 Å². The summed E-state index contributed by atoms with van der Waals surface area (Å²) in [7, 11) is 0. The third-order valence-corrected chi connectivity index (χ3v) is 4.02. The summed E-state index contributed by atoms with van der Waals surface area (Å²) in [6.07, 6.45) is 9.92. The van der Waals surface area contributed by atoms with Crippen molar-refractivity contribution in [2.45, 2.75) is 44.9 Å². The molecule has 1 nitrogen and oxygen atoms in total. The number of fused-ring (bicyclic) bond motifs is 1. The zero-order valence-electron chi connectivity index (χ0n) is 8.22. The number of hydrogen-bond donors (Lipinski definition) is 0. The van der Waals surface area contributed by atoms with Gasteiger partial charge < -0.3 is 0 Å². The molecular formula is C12H18O. The summed E-state index contributed by atoms with van der Waals surface area (Å²) in [6, 6.07) is 0. The van der Waals surface area contributed by atoms with E-state index in [1.165, 1.54) is 19.3 Å². The summed E-state index contributed by atoms with van der Waals surface area (Å²) in [4.78, 5) is 11.3. The average molecular weight is 178 g/mol. The molecular weight excluding hydrogens is 160 g/mol. The smallest absolute Gasteiger partial charge is 0.133 e. The Morgan fingerprint density at radius 1 is 1.54 bits per heavy atom. The van der Waals surface area contributed by atoms with E-state index in [2.05, 4.69) is 6.58 Å². The van der Waals surface area contributed by atoms with Crippen LogP contribution in [0.2, 0.25) is 0 Å². The molecule has 0 aromatic heterocycles. The first-order valence-corrected chi connectivity index (χ1v) is 5.39. The van der Waals surface area contributed by atoms with Crippen molar-refractivity contribution in [2.24, 2.45) is 11.3 Å². The highest BCUT2D eigenvalue weighted by Gasteiger charge is 2.44. The summed E-state index contributed by atoms with van der Waals surface area (Å²) < 4.78 is 0. The van der Waals surface area contributed by atoms with Gasteiger partial charge in [-0.05, 0) is 37.0 Å². The van der Waals surface area contributed by atoms with E-state index in [9.17, 15) is 4.79 Å². The standard InChI is InChI=1S/C12H18O/c1-2-6-12-7-3-4-10(12)9-11(13)5-8-12/h2,10H,1,3-9H2. The molecule has 0 aromatic rings. The van der Waals surface area contributed by atoms with Crippen LogP contribution in [0.15, 0.2) is 12.7 Å². The number of ketones is 1. The molecule has 0 heterocycles. The Kier molecular flexibility index (Phi) is 2.27. The van der Waals surface area contributed by atoms with Crippen molar-refractivity contribution >= 4 is 5.78 Å². The molecule has 2 atom stereocenters. The minimum absolute atomic E-state index is 0.482. The zero-order chi connectivity index (χ0) is 9.31. The SMILES string of the molecule is C=CCC12CCCC1CC(=O)CC2. The van der Waals surface area contributed by atoms with Crippen molar-refractivity contribution in [2.75, 3.05) is 0 Å². The Balaban J connectivity index is 2.15. The molecule has 0 aliphatic heterocycles. The molecule has 2 fully saturated rings. The van der Waals surface area contributed by atoms with Crippen LogP contribution in [-0.2, 0) is 4.79 Å². The molecule has 0 bridgehead atoms. The lowest BCUT2D eigenvalue weighted by atomic mass is 9.66. The molecule has 0 spiro atoms. The maximum absolute atomic E-state index is 11.3. The Morgan fingerprint density at radius 3 is 3.15 bits per heavy atom. The van der Waals surface area contributed by atoms with Gasteiger partial charge in [0.1, 0.15) is 5.78 Å². The van der Waals surface area contributed by atoms with Gasteiger partial charge in [-0.25, -0.2) is 0 Å². The molecule has 0 saturated heterocycles. The molecule has 0 aromatic carbocycles. The van der Waals surface area contributed by atoms with E-state index < -0.39 is 0 Å². The van der Waals surface area contributed by atoms with Crippen LogP contribution in [0.4, 0.5) is 0 Å². The monoisotopic (exact) mass is 178 g/mol. The molecule has 0 radical (unpaired) electrons. The van der Waals surface area contributed by atoms with Gasteiger partial charge in [-0.2, -0.15) is 0 Å². The highest BCUT2D eigenvalue weighted by atomic mass is 16.1. The summed E-state index contributed by atoms with van der Waals surface area (Å²) >= 11 is 0. The molecule has 1 heteroatoms. The molecule has 72 valence electrons. The summed E-state index contributed by atoms with van der Waals surface area (Å²) in [5.74, 6) is 1.18. The van der Waals surface area contributed by atoms with Crippen LogP contribution in [-0.4, -0.2) is 5.78 Å². The predicted octanol–water partition coefficient (Wildman–Crippen LogP) is 3.10. The van der Waals surface area contributed by atoms with Crippen molar-refractivity contribution in [3.8, 4) is 0 Å². The van der Waals surface area contributed by atoms with E-state index in [-0.39, 0.29) is 0 Å². The number of carbonyl (C=O) groups is 1. The van der Waals surface area contributed by atoms with Gasteiger partial charge in [0.2, 0.25) is 0 Å². The van der Waals surface area contributed by atoms with Crippen LogP contribution in [0.1, 0.15) is 44.9 Å². The lowest BCUT2D eigenvalue weighted by Crippen LogP contribution is -2.32. The van der Waals surface area contributed by atoms with Gasteiger partial charge >= 0.3 is 0 Å². The van der Waals surface area contributed by atoms with Gasteiger partial charge in [-0.15, -0.1) is 6.58 Å². The van der Waals surface area contributed by atoms with Crippen molar-refractivity contribution in [3.63, 3.8) is 0 Å². The normalized spacial score (nSPS) is 38.8. The topological polar surface area (TPSA) is 17.1 Å². The molecule has 2 aliphatic carbocycles. The molecule has 2 saturated carbocycles. The second-order valence-corrected chi connectivity index (χ2v) is 4.69. The highest BCUT2D eigenvalue weighted by molar-refractivity contribution is 5.79. The van der Waals surface area contributed by atoms with E-state index in [1.807, 2.05) is 6.08 Å². The van der Waals surface area contributed by atoms with Gasteiger partial charge in [0.15, 0.2) is 0 Å². The van der Waals surface area contributed by atoms with Gasteiger partial charge in [0.25, 0.3) is 0 Å². The average Bonchev–Trinajstić information content (AvgIpc) is 2.49. The van der Waals surface area contributed by atoms with E-state index >= 15 is 0 Å². The molecule has 2 rings (SSSR count). The van der Waals surface area contributed by atoms with Crippen molar-refractivity contribution in [1.29, 1.82) is 0 Å². The van der Waals surface area contributed by atoms with Gasteiger partial charge in [-0.1, -0.05) is 12.5 Å². The fraction of sp³-hybridized carbons (Fsp3) is 0.750. The molecule has 0 N–H and O–H groups in total. The lowest BCUT2D eigenvalue weighted by Gasteiger charge is -2.38. The Bertz CT molecular complexity index is 231. The Hall–Kier alpha value is -0.590. The fourth-order valence-electron chi connectivity index (χ4n) is 3.28. The van der Waals surface area contributed by atoms with Gasteiger partial charge in [-0.3, -0.25) is 4.79 Å². The minimum Gasteiger partial charge on any atom is -0.300 e. The van der Waals surface area contributed by atoms with E-state index in [4.69, 9.17) is 0 Å². The number of hydrogen-bond acceptors (Lipinski definition) is 1. The van der Waals surface area contributed by atoms with Crippen molar-refractivity contribution in [3.05, 3.63) is 12.7 Å². The Labute approximate surface area is 80.2 Å². The van der Waals surface area contributed by atoms with E-state index in [0.717, 1.165) is 25.7 Å². The number of rotatable bonds is 2. The predicted molar refractivity (Wildman–Crippen MR) is 53.4 cm³/mol. The molecule has 2 aliphatic rings. The first-order chi connectivity index (χ1) is 6.27. The van der Waals surface area contributed by atoms with Crippen molar-refractivity contribution in [1.82, 2.24) is 0 Å². The molecule has 13 heavy (non-hydrogen) atoms. The number of Topliss-reactive ketones (excluding diaryl/α,β-unsaturated/α-hetero) is 1. The molecule has 2 unspecified atom stereocenters. The summed E-state index contributed by atoms with van der Waals surface area (Å²) in [5, 5.41) is 0. The minimum atomic E-state index is 0.482. The third kappa shape index (κ3) is 1.45. The second kappa shape index (κ2) is 3.28. The van der Waals surface area contributed by atoms with Gasteiger partial charge in [0.05, 0.1) is 0 Å². The van der Waals surface area contributed by atoms with Crippen LogP contribution in [0.3, 0.4) is 0 Å². The quantitative estimate of drug-likeness (QED) is 0.594. The van der Waals surface area contributed by atoms with Crippen LogP contribution < -0.4 is 0 Å². The number of carbonyl (C=O) groups excluding carboxylic acids is 1. The first kappa shape index (κ1) is 8.98. The fourth-order valence-corrected chi connectivity index (χ4v) is 3.28. The number of allylic oxidation sites excluding steroid dienone is 1. The Morgan fingerprint density at radius 2 is 2.38 bits per heavy atom. The first-order valence-electron chi connectivity index (χ1n) is 5.39. The van der Waals surface area contributed by atoms with Crippen molar-refractivity contribution < 1.29 is 4.79 Å². The van der Waals surface area contributed by atoms with E-state index in [0.29, 0.717) is 17.1 Å². The maximum atomic E-state index is 11.3. The summed E-state index contributed by atoms with van der Waals surface area (Å²) in [5.41, 5.74) is 0.482. The third-order valence-electron chi connectivity index (χ3n) is 4.02. The molecule has 0 amide bonds. The van der Waals surface area contributed by atoms with Gasteiger partial charge in [0, 0.05) is 12.8 Å². The second-order valence-electron chi connectivity index (χ2n) is 4.69.